The van der Waals surface area contributed by atoms with Crippen molar-refractivity contribution in [2.75, 3.05) is 26.2 Å². The van der Waals surface area contributed by atoms with Crippen LogP contribution < -0.4 is 15.4 Å². The SMILES string of the molecule is CCOc1cccc(CN(CC)C(=O)N[C@H]2C[C@H]3C(=O)NCC(=O)N3C2)c1. The fraction of sp³-hybridized carbons (Fsp3) is 0.526. The third-order valence-electron chi connectivity index (χ3n) is 4.92. The summed E-state index contributed by atoms with van der Waals surface area (Å²) in [5, 5.41) is 5.56. The first kappa shape index (κ1) is 19.0. The number of hydrogen-bond donors (Lipinski definition) is 2. The largest absolute Gasteiger partial charge is 0.494 e. The Morgan fingerprint density at radius 1 is 1.37 bits per heavy atom. The van der Waals surface area contributed by atoms with Crippen molar-refractivity contribution in [2.24, 2.45) is 0 Å². The lowest BCUT2D eigenvalue weighted by Gasteiger charge is -2.28. The Morgan fingerprint density at radius 3 is 2.89 bits per heavy atom. The zero-order valence-corrected chi connectivity index (χ0v) is 15.7. The van der Waals surface area contributed by atoms with E-state index < -0.39 is 6.04 Å². The van der Waals surface area contributed by atoms with Crippen molar-refractivity contribution >= 4 is 17.8 Å². The van der Waals surface area contributed by atoms with Gasteiger partial charge < -0.3 is 25.2 Å². The first-order chi connectivity index (χ1) is 13.0. The molecule has 146 valence electrons. The third-order valence-corrected chi connectivity index (χ3v) is 4.92. The second kappa shape index (κ2) is 8.28. The van der Waals surface area contributed by atoms with Gasteiger partial charge in [-0.05, 0) is 38.0 Å². The molecule has 2 saturated heterocycles. The van der Waals surface area contributed by atoms with Crippen LogP contribution in [0.3, 0.4) is 0 Å². The Kier molecular flexibility index (Phi) is 5.83. The summed E-state index contributed by atoms with van der Waals surface area (Å²) in [5.74, 6) is 0.534. The van der Waals surface area contributed by atoms with Crippen LogP contribution in [0.4, 0.5) is 4.79 Å². The van der Waals surface area contributed by atoms with Gasteiger partial charge in [-0.3, -0.25) is 9.59 Å². The minimum atomic E-state index is -0.477. The summed E-state index contributed by atoms with van der Waals surface area (Å²) in [4.78, 5) is 39.8. The Balaban J connectivity index is 1.60. The average Bonchev–Trinajstić information content (AvgIpc) is 3.08. The molecule has 0 aliphatic carbocycles. The lowest BCUT2D eigenvalue weighted by molar-refractivity contribution is -0.143. The highest BCUT2D eigenvalue weighted by Gasteiger charge is 2.43. The van der Waals surface area contributed by atoms with Gasteiger partial charge in [0.25, 0.3) is 0 Å². The van der Waals surface area contributed by atoms with E-state index in [1.165, 1.54) is 0 Å². The molecule has 0 bridgehead atoms. The van der Waals surface area contributed by atoms with Gasteiger partial charge in [-0.2, -0.15) is 0 Å². The lowest BCUT2D eigenvalue weighted by Crippen LogP contribution is -2.55. The zero-order valence-electron chi connectivity index (χ0n) is 15.7. The van der Waals surface area contributed by atoms with Crippen LogP contribution in [0, 0.1) is 0 Å². The van der Waals surface area contributed by atoms with Crippen LogP contribution in [0.5, 0.6) is 5.75 Å². The van der Waals surface area contributed by atoms with E-state index in [1.54, 1.807) is 9.80 Å². The van der Waals surface area contributed by atoms with Crippen molar-refractivity contribution in [1.82, 2.24) is 20.4 Å². The molecule has 2 N–H and O–H groups in total. The predicted octanol–water partition coefficient (Wildman–Crippen LogP) is 0.716. The highest BCUT2D eigenvalue weighted by molar-refractivity contribution is 5.95. The number of fused-ring (bicyclic) bond motifs is 1. The average molecular weight is 374 g/mol. The van der Waals surface area contributed by atoms with Gasteiger partial charge in [0.15, 0.2) is 0 Å². The molecule has 2 fully saturated rings. The van der Waals surface area contributed by atoms with E-state index in [4.69, 9.17) is 4.74 Å². The highest BCUT2D eigenvalue weighted by Crippen LogP contribution is 2.21. The molecule has 8 nitrogen and oxygen atoms in total. The van der Waals surface area contributed by atoms with Crippen molar-refractivity contribution in [2.45, 2.75) is 38.9 Å². The maximum Gasteiger partial charge on any atom is 0.317 e. The molecule has 0 saturated carbocycles. The second-order valence-electron chi connectivity index (χ2n) is 6.76. The topological polar surface area (TPSA) is 91.0 Å². The van der Waals surface area contributed by atoms with Gasteiger partial charge in [0.2, 0.25) is 11.8 Å². The molecule has 0 spiro atoms. The number of hydrogen-bond acceptors (Lipinski definition) is 4. The van der Waals surface area contributed by atoms with E-state index in [0.29, 0.717) is 32.7 Å². The first-order valence-electron chi connectivity index (χ1n) is 9.36. The molecule has 27 heavy (non-hydrogen) atoms. The third kappa shape index (κ3) is 4.32. The van der Waals surface area contributed by atoms with Crippen molar-refractivity contribution in [3.05, 3.63) is 29.8 Å². The van der Waals surface area contributed by atoms with E-state index in [0.717, 1.165) is 11.3 Å². The molecule has 0 radical (unpaired) electrons. The molecule has 1 aromatic rings. The summed E-state index contributed by atoms with van der Waals surface area (Å²) in [6, 6.07) is 6.78. The molecule has 8 heteroatoms. The van der Waals surface area contributed by atoms with Crippen molar-refractivity contribution in [3.8, 4) is 5.75 Å². The molecule has 2 aliphatic rings. The van der Waals surface area contributed by atoms with E-state index in [2.05, 4.69) is 10.6 Å². The Hall–Kier alpha value is -2.77. The lowest BCUT2D eigenvalue weighted by atomic mass is 10.1. The number of amides is 4. The minimum absolute atomic E-state index is 0.0350. The van der Waals surface area contributed by atoms with Crippen molar-refractivity contribution in [1.29, 1.82) is 0 Å². The summed E-state index contributed by atoms with van der Waals surface area (Å²) >= 11 is 0. The van der Waals surface area contributed by atoms with Gasteiger partial charge in [0.1, 0.15) is 11.8 Å². The molecule has 4 amide bonds. The number of piperazine rings is 1. The standard InChI is InChI=1S/C19H26N4O4/c1-3-22(11-13-6-5-7-15(8-13)27-4-2)19(26)21-14-9-16-18(25)20-10-17(24)23(16)12-14/h5-8,14,16H,3-4,9-12H2,1-2H3,(H,20,25)(H,21,26)/t14-,16-/m0/s1. The van der Waals surface area contributed by atoms with E-state index in [9.17, 15) is 14.4 Å². The number of ether oxygens (including phenoxy) is 1. The fourth-order valence-corrected chi connectivity index (χ4v) is 3.56. The molecule has 2 atom stereocenters. The molecule has 0 unspecified atom stereocenters. The maximum atomic E-state index is 12.7. The number of rotatable bonds is 6. The van der Waals surface area contributed by atoms with Gasteiger partial charge in [0, 0.05) is 19.6 Å². The first-order valence-corrected chi connectivity index (χ1v) is 9.36. The van der Waals surface area contributed by atoms with Gasteiger partial charge in [-0.1, -0.05) is 12.1 Å². The molecule has 1 aromatic carbocycles. The van der Waals surface area contributed by atoms with Crippen LogP contribution in [0.2, 0.25) is 0 Å². The van der Waals surface area contributed by atoms with Crippen molar-refractivity contribution in [3.63, 3.8) is 0 Å². The molecular formula is C19H26N4O4. The van der Waals surface area contributed by atoms with Crippen LogP contribution >= 0.6 is 0 Å². The summed E-state index contributed by atoms with van der Waals surface area (Å²) in [7, 11) is 0. The van der Waals surface area contributed by atoms with E-state index in [1.807, 2.05) is 38.1 Å². The van der Waals surface area contributed by atoms with Crippen LogP contribution in [0.15, 0.2) is 24.3 Å². The Labute approximate surface area is 158 Å². The van der Waals surface area contributed by atoms with Crippen molar-refractivity contribution < 1.29 is 19.1 Å². The Morgan fingerprint density at radius 2 is 2.19 bits per heavy atom. The smallest absolute Gasteiger partial charge is 0.317 e. The maximum absolute atomic E-state index is 12.7. The van der Waals surface area contributed by atoms with Crippen LogP contribution in [0.1, 0.15) is 25.8 Å². The molecule has 2 aliphatic heterocycles. The summed E-state index contributed by atoms with van der Waals surface area (Å²) in [6.45, 7) is 5.85. The fourth-order valence-electron chi connectivity index (χ4n) is 3.56. The predicted molar refractivity (Wildman–Crippen MR) is 99.1 cm³/mol. The highest BCUT2D eigenvalue weighted by atomic mass is 16.5. The number of nitrogens with one attached hydrogen (secondary N) is 2. The summed E-state index contributed by atoms with van der Waals surface area (Å²) < 4.78 is 5.51. The second-order valence-corrected chi connectivity index (χ2v) is 6.76. The summed E-state index contributed by atoms with van der Waals surface area (Å²) in [5.41, 5.74) is 0.983. The molecular weight excluding hydrogens is 348 g/mol. The molecule has 3 rings (SSSR count). The minimum Gasteiger partial charge on any atom is -0.494 e. The van der Waals surface area contributed by atoms with Gasteiger partial charge in [-0.15, -0.1) is 0 Å². The monoisotopic (exact) mass is 374 g/mol. The number of benzene rings is 1. The van der Waals surface area contributed by atoms with Crippen LogP contribution in [-0.4, -0.2) is 66.0 Å². The Bertz CT molecular complexity index is 699. The summed E-state index contributed by atoms with van der Waals surface area (Å²) in [6.07, 6.45) is 0.445. The van der Waals surface area contributed by atoms with Crippen LogP contribution in [0.25, 0.3) is 0 Å². The van der Waals surface area contributed by atoms with Gasteiger partial charge in [-0.25, -0.2) is 4.79 Å². The number of nitrogens with zero attached hydrogens (tertiary/aromatic N) is 2. The van der Waals surface area contributed by atoms with Gasteiger partial charge in [0.05, 0.1) is 19.2 Å². The zero-order chi connectivity index (χ0) is 19.4. The normalized spacial score (nSPS) is 21.5. The van der Waals surface area contributed by atoms with E-state index in [-0.39, 0.29) is 30.4 Å². The van der Waals surface area contributed by atoms with Crippen LogP contribution in [-0.2, 0) is 16.1 Å². The molecule has 0 aromatic heterocycles. The van der Waals surface area contributed by atoms with Gasteiger partial charge >= 0.3 is 6.03 Å². The number of urea groups is 1. The molecule has 2 heterocycles. The number of carbonyl (C=O) groups is 3. The van der Waals surface area contributed by atoms with E-state index >= 15 is 0 Å². The quantitative estimate of drug-likeness (QED) is 0.768. The number of carbonyl (C=O) groups excluding carboxylic acids is 3.